The van der Waals surface area contributed by atoms with E-state index in [1.807, 2.05) is 0 Å². The van der Waals surface area contributed by atoms with Crippen LogP contribution in [0.1, 0.15) is 89.0 Å². The highest BCUT2D eigenvalue weighted by Crippen LogP contribution is 2.49. The molecule has 2 aliphatic carbocycles. The summed E-state index contributed by atoms with van der Waals surface area (Å²) in [6, 6.07) is 137. The van der Waals surface area contributed by atoms with Crippen LogP contribution in [0.4, 0.5) is 0 Å². The van der Waals surface area contributed by atoms with Gasteiger partial charge in [0.2, 0.25) is 0 Å². The third-order valence-corrected chi connectivity index (χ3v) is 29.5. The monoisotopic (exact) mass is 1660 g/mol. The molecule has 0 heterocycles. The van der Waals surface area contributed by atoms with Gasteiger partial charge in [-0.15, -0.1) is 0 Å². The van der Waals surface area contributed by atoms with Gasteiger partial charge in [-0.25, -0.2) is 0 Å². The van der Waals surface area contributed by atoms with Crippen LogP contribution in [0.3, 0.4) is 0 Å². The Balaban J connectivity index is 0.0000000917. The van der Waals surface area contributed by atoms with Gasteiger partial charge < -0.3 is 0 Å². The molecule has 2 aliphatic rings. The zero-order chi connectivity index (χ0) is 88.4. The average molecular weight is 1660 g/mol. The van der Waals surface area contributed by atoms with E-state index in [9.17, 15) is 0 Å². The summed E-state index contributed by atoms with van der Waals surface area (Å²) in [4.78, 5) is 0. The van der Waals surface area contributed by atoms with Crippen LogP contribution in [0.25, 0.3) is 205 Å². The molecule has 25 aromatic rings. The Hall–Kier alpha value is -15.1. The maximum atomic E-state index is 2.43. The van der Waals surface area contributed by atoms with Crippen molar-refractivity contribution in [3.63, 3.8) is 0 Å². The molecule has 0 aromatic heterocycles. The summed E-state index contributed by atoms with van der Waals surface area (Å²) in [6.45, 7) is 27.0. The Morgan fingerprint density at radius 3 is 0.838 bits per heavy atom. The molecule has 0 nitrogen and oxygen atoms in total. The van der Waals surface area contributed by atoms with E-state index in [1.165, 1.54) is 294 Å². The van der Waals surface area contributed by atoms with E-state index < -0.39 is 0 Å². The van der Waals surface area contributed by atoms with Crippen molar-refractivity contribution >= 4 is 183 Å². The second-order valence-corrected chi connectivity index (χ2v) is 36.6. The molecule has 0 heteroatoms. The van der Waals surface area contributed by atoms with E-state index in [2.05, 4.69) is 459 Å². The minimum Gasteiger partial charge on any atom is -0.0619 e. The van der Waals surface area contributed by atoms with Gasteiger partial charge in [-0.1, -0.05) is 352 Å². The predicted molar refractivity (Wildman–Crippen MR) is 570 cm³/mol. The van der Waals surface area contributed by atoms with Gasteiger partial charge in [0.15, 0.2) is 0 Å². The van der Waals surface area contributed by atoms with Crippen LogP contribution in [0.5, 0.6) is 0 Å². The lowest BCUT2D eigenvalue weighted by molar-refractivity contribution is 1.27. The smallest absolute Gasteiger partial charge is 0.00132 e. The normalized spacial score (nSPS) is 11.9. The van der Waals surface area contributed by atoms with E-state index in [1.54, 1.807) is 0 Å². The fourth-order valence-corrected chi connectivity index (χ4v) is 22.9. The van der Waals surface area contributed by atoms with E-state index in [4.69, 9.17) is 0 Å². The van der Waals surface area contributed by atoms with Crippen LogP contribution >= 0.6 is 0 Å². The van der Waals surface area contributed by atoms with Crippen molar-refractivity contribution in [2.24, 2.45) is 0 Å². The zero-order valence-electron chi connectivity index (χ0n) is 76.2. The van der Waals surface area contributed by atoms with Gasteiger partial charge in [-0.2, -0.15) is 0 Å². The molecule has 0 saturated carbocycles. The first-order valence-corrected chi connectivity index (χ1v) is 46.2. The Bertz CT molecular complexity index is 8730. The van der Waals surface area contributed by atoms with Crippen molar-refractivity contribution in [3.8, 4) is 22.3 Å². The van der Waals surface area contributed by atoms with Crippen molar-refractivity contribution < 1.29 is 0 Å². The first-order chi connectivity index (χ1) is 63.5. The number of hydrogen-bond acceptors (Lipinski definition) is 0. The highest BCUT2D eigenvalue weighted by atomic mass is 14.3. The van der Waals surface area contributed by atoms with Crippen LogP contribution in [0, 0.1) is 83.1 Å². The molecule has 0 amide bonds. The van der Waals surface area contributed by atoms with Crippen LogP contribution in [-0.4, -0.2) is 0 Å². The van der Waals surface area contributed by atoms with Gasteiger partial charge in [0.1, 0.15) is 0 Å². The lowest BCUT2D eigenvalue weighted by atomic mass is 9.86. The van der Waals surface area contributed by atoms with Crippen molar-refractivity contribution in [1.29, 1.82) is 0 Å². The summed E-state index contributed by atoms with van der Waals surface area (Å²) in [6.07, 6.45) is 2.12. The van der Waals surface area contributed by atoms with Crippen LogP contribution in [-0.2, 0) is 12.8 Å². The minimum atomic E-state index is 1.06. The first kappa shape index (κ1) is 80.7. The largest absolute Gasteiger partial charge is 0.0619 e. The summed E-state index contributed by atoms with van der Waals surface area (Å²) >= 11 is 0. The Morgan fingerprint density at radius 2 is 0.408 bits per heavy atom. The fourth-order valence-electron chi connectivity index (χ4n) is 22.9. The Labute approximate surface area is 761 Å². The summed E-state index contributed by atoms with van der Waals surface area (Å²) in [5, 5.41) is 46.6. The summed E-state index contributed by atoms with van der Waals surface area (Å²) in [5.41, 5.74) is 28.2. The van der Waals surface area contributed by atoms with Gasteiger partial charge in [0.05, 0.1) is 0 Å². The first-order valence-electron chi connectivity index (χ1n) is 46.2. The van der Waals surface area contributed by atoms with Crippen molar-refractivity contribution in [1.82, 2.24) is 0 Å². The molecule has 622 valence electrons. The molecule has 27 rings (SSSR count). The number of fused-ring (bicyclic) bond motifs is 30. The van der Waals surface area contributed by atoms with Gasteiger partial charge in [-0.05, 0) is 415 Å². The lowest BCUT2D eigenvalue weighted by Gasteiger charge is -2.17. The molecule has 0 radical (unpaired) electrons. The standard InChI is InChI=1S/C24H18.2C23H18.3C20H16/c1-15-17-9-3-4-10-18(17)16(2)24-22-14-8-6-12-20(22)19-11-5-7-13-21(19)23(15)24;1-14-18-8-5-6-9-19(18)15(2)22-13-23-17(12-21(14)22)11-16-7-3-4-10-20(16)23;1-14-18-8-5-6-9-19(18)15(2)22-20(14)12-11-17-13-16-7-3-4-10-21(16)23(17)22;1-13-11-19-18-10-6-4-8-16(18)14(2)12-20(19)17-9-5-3-7-15(13)17;1-13-16-8-5-6-9-17(16)14(2)20-18(13)12-11-15-7-3-4-10-19(15)20;1-13-17-9-5-6-10-18(17)14(2)20-12-16-8-4-3-7-15(16)11-19(13)20/h3-14H,1-2H3;3-10,12-13H,11H2,1-2H3;3-12H,13H2,1-2H3;3*3-12H,1-2H3. The van der Waals surface area contributed by atoms with Gasteiger partial charge >= 0.3 is 0 Å². The minimum absolute atomic E-state index is 1.06. The molecule has 0 fully saturated rings. The van der Waals surface area contributed by atoms with Gasteiger partial charge in [0, 0.05) is 0 Å². The molecule has 130 heavy (non-hydrogen) atoms. The number of aryl methyl sites for hydroxylation is 12. The molecule has 0 spiro atoms. The van der Waals surface area contributed by atoms with E-state index in [-0.39, 0.29) is 0 Å². The second-order valence-electron chi connectivity index (χ2n) is 36.6. The average Bonchev–Trinajstić information content (AvgIpc) is 0.909. The van der Waals surface area contributed by atoms with Crippen molar-refractivity contribution in [2.45, 2.75) is 95.9 Å². The molecule has 0 N–H and O–H groups in total. The molecule has 0 aliphatic heterocycles. The summed E-state index contributed by atoms with van der Waals surface area (Å²) in [5.74, 6) is 0. The number of rotatable bonds is 0. The van der Waals surface area contributed by atoms with Crippen LogP contribution < -0.4 is 0 Å². The fraction of sp³-hybridized carbons (Fsp3) is 0.108. The molecular formula is C130H102. The summed E-state index contributed by atoms with van der Waals surface area (Å²) in [7, 11) is 0. The van der Waals surface area contributed by atoms with Crippen LogP contribution in [0.15, 0.2) is 376 Å². The topological polar surface area (TPSA) is 0 Å². The van der Waals surface area contributed by atoms with Crippen LogP contribution in [0.2, 0.25) is 0 Å². The maximum absolute atomic E-state index is 2.43. The third kappa shape index (κ3) is 13.3. The molecular weight excluding hydrogens is 1560 g/mol. The van der Waals surface area contributed by atoms with E-state index in [0.717, 1.165) is 12.8 Å². The van der Waals surface area contributed by atoms with Crippen molar-refractivity contribution in [3.05, 3.63) is 465 Å². The van der Waals surface area contributed by atoms with E-state index >= 15 is 0 Å². The highest BCUT2D eigenvalue weighted by Gasteiger charge is 2.26. The van der Waals surface area contributed by atoms with Gasteiger partial charge in [-0.3, -0.25) is 0 Å². The Morgan fingerprint density at radius 1 is 0.131 bits per heavy atom. The molecule has 0 unspecified atom stereocenters. The number of hydrogen-bond donors (Lipinski definition) is 0. The van der Waals surface area contributed by atoms with Crippen molar-refractivity contribution in [2.75, 3.05) is 0 Å². The summed E-state index contributed by atoms with van der Waals surface area (Å²) < 4.78 is 0. The Kier molecular flexibility index (Phi) is 20.3. The van der Waals surface area contributed by atoms with Gasteiger partial charge in [0.25, 0.3) is 0 Å². The molecule has 0 saturated heterocycles. The highest BCUT2D eigenvalue weighted by molar-refractivity contribution is 6.30. The molecule has 0 bridgehead atoms. The second kappa shape index (κ2) is 32.7. The lowest BCUT2D eigenvalue weighted by Crippen LogP contribution is -1.91. The molecule has 0 atom stereocenters. The predicted octanol–water partition coefficient (Wildman–Crippen LogP) is 36.6. The third-order valence-electron chi connectivity index (χ3n) is 29.5. The molecule has 25 aromatic carbocycles. The SMILES string of the molecule is Cc1c2ccccc2c(C)c2c1ccc1ccccc12.Cc1c2ccccc2c(C)c2c3c(ccc12)Cc1ccccc1-3.Cc1c2ccccc2c(C)c2c3ccccc3c3ccccc3c12.Cc1c2ccccc2c(C)c2cc3c(cc12)Cc1ccccc1-3.Cc1c2ccccc2c(C)c2cc3ccccc3cc12.Cc1cc2c3ccccc3c(C)cc2c2ccccc12. The zero-order valence-corrected chi connectivity index (χ0v) is 76.2. The maximum Gasteiger partial charge on any atom is -0.00132 e. The number of benzene rings is 25. The quantitative estimate of drug-likeness (QED) is 0.105. The van der Waals surface area contributed by atoms with E-state index in [0.29, 0.717) is 0 Å².